The molecule has 0 unspecified atom stereocenters. The van der Waals surface area contributed by atoms with E-state index in [4.69, 9.17) is 10.00 Å². The van der Waals surface area contributed by atoms with E-state index in [1.807, 2.05) is 12.1 Å². The molecule has 0 amide bonds. The van der Waals surface area contributed by atoms with E-state index in [1.54, 1.807) is 6.07 Å². The van der Waals surface area contributed by atoms with Gasteiger partial charge in [0.2, 0.25) is 0 Å². The highest BCUT2D eigenvalue weighted by Gasteiger charge is 2.20. The molecule has 90 valence electrons. The molecule has 0 aliphatic heterocycles. The summed E-state index contributed by atoms with van der Waals surface area (Å²) in [5, 5.41) is 12.1. The monoisotopic (exact) mass is 294 g/mol. The molecule has 3 nitrogen and oxygen atoms in total. The van der Waals surface area contributed by atoms with Crippen molar-refractivity contribution in [2.24, 2.45) is 5.92 Å². The molecule has 0 aromatic heterocycles. The van der Waals surface area contributed by atoms with Gasteiger partial charge in [-0.3, -0.25) is 0 Å². The molecule has 17 heavy (non-hydrogen) atoms. The molecule has 2 rings (SSSR count). The number of nitrogens with zero attached hydrogens (tertiary/aromatic N) is 1. The molecule has 0 spiro atoms. The number of rotatable bonds is 6. The maximum Gasteiger partial charge on any atom is 0.0992 e. The molecule has 1 aromatic rings. The minimum Gasteiger partial charge on any atom is -0.383 e. The molecule has 0 saturated heterocycles. The van der Waals surface area contributed by atoms with Crippen molar-refractivity contribution in [2.45, 2.75) is 12.8 Å². The first-order valence-corrected chi connectivity index (χ1v) is 6.59. The van der Waals surface area contributed by atoms with Crippen molar-refractivity contribution >= 4 is 21.6 Å². The summed E-state index contributed by atoms with van der Waals surface area (Å²) in [7, 11) is 0. The number of halogens is 1. The van der Waals surface area contributed by atoms with Crippen molar-refractivity contribution < 1.29 is 4.74 Å². The zero-order valence-corrected chi connectivity index (χ0v) is 11.2. The molecule has 1 aromatic carbocycles. The molecular weight excluding hydrogens is 280 g/mol. The van der Waals surface area contributed by atoms with Gasteiger partial charge >= 0.3 is 0 Å². The first-order chi connectivity index (χ1) is 8.28. The predicted molar refractivity (Wildman–Crippen MR) is 70.9 cm³/mol. The Morgan fingerprint density at radius 2 is 2.24 bits per heavy atom. The highest BCUT2D eigenvalue weighted by atomic mass is 79.9. The van der Waals surface area contributed by atoms with Crippen molar-refractivity contribution in [1.82, 2.24) is 0 Å². The first kappa shape index (κ1) is 12.4. The van der Waals surface area contributed by atoms with Crippen LogP contribution in [0.15, 0.2) is 22.7 Å². The second-order valence-corrected chi connectivity index (χ2v) is 5.20. The standard InChI is InChI=1S/C13H15BrN2O/c14-12-5-11(8-15)6-13(7-12)16-3-4-17-9-10-1-2-10/h5-7,10,16H,1-4,9H2. The zero-order chi connectivity index (χ0) is 12.1. The van der Waals surface area contributed by atoms with E-state index in [0.29, 0.717) is 12.2 Å². The molecule has 4 heteroatoms. The van der Waals surface area contributed by atoms with Gasteiger partial charge in [-0.15, -0.1) is 0 Å². The Kier molecular flexibility index (Phi) is 4.41. The van der Waals surface area contributed by atoms with Crippen molar-refractivity contribution in [3.63, 3.8) is 0 Å². The normalized spacial score (nSPS) is 14.4. The van der Waals surface area contributed by atoms with Crippen LogP contribution < -0.4 is 5.32 Å². The minimum atomic E-state index is 0.653. The van der Waals surface area contributed by atoms with Crippen LogP contribution in [0.2, 0.25) is 0 Å². The summed E-state index contributed by atoms with van der Waals surface area (Å²) in [4.78, 5) is 0. The quantitative estimate of drug-likeness (QED) is 0.820. The van der Waals surface area contributed by atoms with Gasteiger partial charge in [0.05, 0.1) is 18.2 Å². The summed E-state index contributed by atoms with van der Waals surface area (Å²) in [6.07, 6.45) is 2.65. The summed E-state index contributed by atoms with van der Waals surface area (Å²) < 4.78 is 6.44. The lowest BCUT2D eigenvalue weighted by atomic mass is 10.2. The smallest absolute Gasteiger partial charge is 0.0992 e. The molecule has 0 atom stereocenters. The Morgan fingerprint density at radius 3 is 2.94 bits per heavy atom. The Hall–Kier alpha value is -1.05. The number of hydrogen-bond acceptors (Lipinski definition) is 3. The first-order valence-electron chi connectivity index (χ1n) is 5.80. The third-order valence-corrected chi connectivity index (χ3v) is 3.11. The highest BCUT2D eigenvalue weighted by Crippen LogP contribution is 2.28. The maximum atomic E-state index is 8.84. The average molecular weight is 295 g/mol. The Balaban J connectivity index is 1.73. The topological polar surface area (TPSA) is 45.0 Å². The van der Waals surface area contributed by atoms with Crippen molar-refractivity contribution in [3.8, 4) is 6.07 Å². The van der Waals surface area contributed by atoms with Crippen LogP contribution in [0.1, 0.15) is 18.4 Å². The summed E-state index contributed by atoms with van der Waals surface area (Å²) in [5.74, 6) is 0.811. The lowest BCUT2D eigenvalue weighted by Crippen LogP contribution is -2.10. The van der Waals surface area contributed by atoms with Crippen LogP contribution in [0.4, 0.5) is 5.69 Å². The van der Waals surface area contributed by atoms with Gasteiger partial charge in [0, 0.05) is 23.3 Å². The zero-order valence-electron chi connectivity index (χ0n) is 9.58. The minimum absolute atomic E-state index is 0.653. The molecule has 1 saturated carbocycles. The van der Waals surface area contributed by atoms with Gasteiger partial charge in [-0.1, -0.05) is 15.9 Å². The van der Waals surface area contributed by atoms with Crippen LogP contribution in [0.3, 0.4) is 0 Å². The Bertz CT molecular complexity index is 424. The van der Waals surface area contributed by atoms with E-state index < -0.39 is 0 Å². The van der Waals surface area contributed by atoms with Crippen LogP contribution in [0.5, 0.6) is 0 Å². The third-order valence-electron chi connectivity index (χ3n) is 2.65. The van der Waals surface area contributed by atoms with Gasteiger partial charge < -0.3 is 10.1 Å². The highest BCUT2D eigenvalue weighted by molar-refractivity contribution is 9.10. The van der Waals surface area contributed by atoms with Gasteiger partial charge in [-0.25, -0.2) is 0 Å². The van der Waals surface area contributed by atoms with Crippen molar-refractivity contribution in [2.75, 3.05) is 25.1 Å². The summed E-state index contributed by atoms with van der Waals surface area (Å²) in [5.41, 5.74) is 1.60. The van der Waals surface area contributed by atoms with Gasteiger partial charge in [-0.2, -0.15) is 5.26 Å². The molecule has 1 aliphatic rings. The summed E-state index contributed by atoms with van der Waals surface area (Å²) in [6.45, 7) is 2.38. The second kappa shape index (κ2) is 6.04. The molecule has 0 heterocycles. The average Bonchev–Trinajstić information content (AvgIpc) is 3.12. The fraction of sp³-hybridized carbons (Fsp3) is 0.462. The lowest BCUT2D eigenvalue weighted by Gasteiger charge is -2.08. The van der Waals surface area contributed by atoms with Crippen LogP contribution in [0, 0.1) is 17.2 Å². The third kappa shape index (κ3) is 4.37. The van der Waals surface area contributed by atoms with E-state index >= 15 is 0 Å². The molecule has 1 aliphatic carbocycles. The van der Waals surface area contributed by atoms with Crippen molar-refractivity contribution in [3.05, 3.63) is 28.2 Å². The predicted octanol–water partition coefficient (Wildman–Crippen LogP) is 3.16. The molecule has 1 N–H and O–H groups in total. The van der Waals surface area contributed by atoms with E-state index in [-0.39, 0.29) is 0 Å². The number of anilines is 1. The summed E-state index contributed by atoms with van der Waals surface area (Å²) >= 11 is 3.38. The van der Waals surface area contributed by atoms with Gasteiger partial charge in [0.25, 0.3) is 0 Å². The van der Waals surface area contributed by atoms with Gasteiger partial charge in [0.15, 0.2) is 0 Å². The number of ether oxygens (including phenoxy) is 1. The molecule has 1 fully saturated rings. The summed E-state index contributed by atoms with van der Waals surface area (Å²) in [6, 6.07) is 7.73. The second-order valence-electron chi connectivity index (χ2n) is 4.29. The lowest BCUT2D eigenvalue weighted by molar-refractivity contribution is 0.134. The number of benzene rings is 1. The number of hydrogen-bond donors (Lipinski definition) is 1. The van der Waals surface area contributed by atoms with Gasteiger partial charge in [-0.05, 0) is 37.0 Å². The largest absolute Gasteiger partial charge is 0.383 e. The van der Waals surface area contributed by atoms with Crippen molar-refractivity contribution in [1.29, 1.82) is 5.26 Å². The van der Waals surface area contributed by atoms with E-state index in [9.17, 15) is 0 Å². The van der Waals surface area contributed by atoms with Crippen LogP contribution >= 0.6 is 15.9 Å². The molecule has 0 radical (unpaired) electrons. The number of nitrogens with one attached hydrogen (secondary N) is 1. The van der Waals surface area contributed by atoms with Crippen LogP contribution in [-0.4, -0.2) is 19.8 Å². The SMILES string of the molecule is N#Cc1cc(Br)cc(NCCOCC2CC2)c1. The van der Waals surface area contributed by atoms with E-state index in [0.717, 1.165) is 29.2 Å². The fourth-order valence-corrected chi connectivity index (χ4v) is 2.05. The van der Waals surface area contributed by atoms with Crippen LogP contribution in [0.25, 0.3) is 0 Å². The molecular formula is C13H15BrN2O. The van der Waals surface area contributed by atoms with E-state index in [1.165, 1.54) is 12.8 Å². The van der Waals surface area contributed by atoms with Crippen LogP contribution in [-0.2, 0) is 4.74 Å². The van der Waals surface area contributed by atoms with E-state index in [2.05, 4.69) is 27.3 Å². The molecule has 0 bridgehead atoms. The van der Waals surface area contributed by atoms with Gasteiger partial charge in [0.1, 0.15) is 0 Å². The fourth-order valence-electron chi connectivity index (χ4n) is 1.56. The Morgan fingerprint density at radius 1 is 1.41 bits per heavy atom. The Labute approximate surface area is 110 Å². The maximum absolute atomic E-state index is 8.84. The number of nitriles is 1.